The number of hydrogen-bond acceptors (Lipinski definition) is 5. The number of anilines is 1. The molecule has 3 rings (SSSR count). The van der Waals surface area contributed by atoms with E-state index in [1.807, 2.05) is 4.68 Å². The molecule has 2 aromatic heterocycles. The summed E-state index contributed by atoms with van der Waals surface area (Å²) in [4.78, 5) is 8.59. The van der Waals surface area contributed by atoms with Crippen LogP contribution < -0.4 is 5.32 Å². The van der Waals surface area contributed by atoms with Crippen LogP contribution in [0.15, 0.2) is 6.33 Å². The summed E-state index contributed by atoms with van der Waals surface area (Å²) in [7, 11) is 0. The van der Waals surface area contributed by atoms with Crippen LogP contribution in [0.1, 0.15) is 45.4 Å². The van der Waals surface area contributed by atoms with Gasteiger partial charge in [0.2, 0.25) is 0 Å². The van der Waals surface area contributed by atoms with E-state index in [1.165, 1.54) is 32.1 Å². The Kier molecular flexibility index (Phi) is 3.57. The summed E-state index contributed by atoms with van der Waals surface area (Å²) in [6.07, 6.45) is 8.91. The molecule has 0 unspecified atom stereocenters. The maximum absolute atomic E-state index is 4.32. The molecular weight excluding hydrogens is 240 g/mol. The van der Waals surface area contributed by atoms with E-state index in [1.54, 1.807) is 6.33 Å². The van der Waals surface area contributed by atoms with Crippen molar-refractivity contribution < 1.29 is 0 Å². The Morgan fingerprint density at radius 2 is 2.16 bits per heavy atom. The highest BCUT2D eigenvalue weighted by Crippen LogP contribution is 2.26. The lowest BCUT2D eigenvalue weighted by Crippen LogP contribution is -2.05. The first kappa shape index (κ1) is 12.3. The maximum atomic E-state index is 4.32. The van der Waals surface area contributed by atoms with Crippen LogP contribution in [-0.2, 0) is 6.54 Å². The Labute approximate surface area is 112 Å². The van der Waals surface area contributed by atoms with Crippen LogP contribution in [0.3, 0.4) is 0 Å². The van der Waals surface area contributed by atoms with Crippen molar-refractivity contribution in [1.29, 1.82) is 0 Å². The molecule has 0 aromatic carbocycles. The number of nitrogens with one attached hydrogen (secondary N) is 1. The minimum absolute atomic E-state index is 0.563. The maximum Gasteiger partial charge on any atom is 0.183 e. The molecule has 0 aliphatic heterocycles. The van der Waals surface area contributed by atoms with Crippen LogP contribution in [0.25, 0.3) is 11.2 Å². The Morgan fingerprint density at radius 3 is 2.95 bits per heavy atom. The van der Waals surface area contributed by atoms with Gasteiger partial charge in [-0.2, -0.15) is 0 Å². The van der Waals surface area contributed by atoms with Crippen LogP contribution in [0.4, 0.5) is 5.82 Å². The third-order valence-electron chi connectivity index (χ3n) is 3.44. The minimum Gasteiger partial charge on any atom is -0.365 e. The molecule has 0 radical (unpaired) electrons. The second kappa shape index (κ2) is 5.50. The number of unbranched alkanes of at least 4 members (excludes halogenated alkanes) is 3. The fourth-order valence-corrected chi connectivity index (χ4v) is 2.16. The van der Waals surface area contributed by atoms with Gasteiger partial charge in [0.1, 0.15) is 6.33 Å². The molecule has 6 nitrogen and oxygen atoms in total. The summed E-state index contributed by atoms with van der Waals surface area (Å²) in [5, 5.41) is 11.8. The molecule has 0 spiro atoms. The van der Waals surface area contributed by atoms with Gasteiger partial charge in [0.05, 0.1) is 0 Å². The van der Waals surface area contributed by atoms with E-state index in [4.69, 9.17) is 0 Å². The van der Waals surface area contributed by atoms with Crippen molar-refractivity contribution in [3.05, 3.63) is 6.33 Å². The van der Waals surface area contributed by atoms with Crippen LogP contribution >= 0.6 is 0 Å². The molecule has 1 saturated carbocycles. The Bertz CT molecular complexity index is 545. The van der Waals surface area contributed by atoms with Gasteiger partial charge in [-0.15, -0.1) is 5.10 Å². The molecule has 0 atom stereocenters. The molecule has 1 N–H and O–H groups in total. The predicted molar refractivity (Wildman–Crippen MR) is 73.9 cm³/mol. The highest BCUT2D eigenvalue weighted by molar-refractivity contribution is 5.82. The van der Waals surface area contributed by atoms with E-state index in [0.29, 0.717) is 6.04 Å². The first-order valence-corrected chi connectivity index (χ1v) is 7.19. The summed E-state index contributed by atoms with van der Waals surface area (Å²) < 4.78 is 1.89. The van der Waals surface area contributed by atoms with Gasteiger partial charge in [0, 0.05) is 12.6 Å². The van der Waals surface area contributed by atoms with Crippen molar-refractivity contribution in [1.82, 2.24) is 25.0 Å². The van der Waals surface area contributed by atoms with E-state index in [0.717, 1.165) is 29.9 Å². The Morgan fingerprint density at radius 1 is 1.26 bits per heavy atom. The van der Waals surface area contributed by atoms with E-state index in [2.05, 4.69) is 32.5 Å². The molecule has 1 aliphatic carbocycles. The van der Waals surface area contributed by atoms with Crippen molar-refractivity contribution in [2.45, 2.75) is 58.0 Å². The van der Waals surface area contributed by atoms with Gasteiger partial charge in [0.25, 0.3) is 0 Å². The lowest BCUT2D eigenvalue weighted by molar-refractivity contribution is 0.536. The number of rotatable bonds is 7. The van der Waals surface area contributed by atoms with Crippen molar-refractivity contribution in [3.63, 3.8) is 0 Å². The average molecular weight is 260 g/mol. The number of aromatic nitrogens is 5. The largest absolute Gasteiger partial charge is 0.365 e. The zero-order valence-electron chi connectivity index (χ0n) is 11.3. The van der Waals surface area contributed by atoms with Gasteiger partial charge in [-0.3, -0.25) is 0 Å². The number of hydrogen-bond donors (Lipinski definition) is 1. The summed E-state index contributed by atoms with van der Waals surface area (Å²) in [5.41, 5.74) is 1.64. The zero-order chi connectivity index (χ0) is 13.1. The SMILES string of the molecule is CCCCCCn1nnc2c(NC3CC3)ncnc21. The monoisotopic (exact) mass is 260 g/mol. The number of fused-ring (bicyclic) bond motifs is 1. The van der Waals surface area contributed by atoms with Gasteiger partial charge >= 0.3 is 0 Å². The lowest BCUT2D eigenvalue weighted by atomic mass is 10.2. The second-order valence-corrected chi connectivity index (χ2v) is 5.19. The molecule has 0 amide bonds. The number of nitrogens with zero attached hydrogens (tertiary/aromatic N) is 5. The average Bonchev–Trinajstić information content (AvgIpc) is 3.14. The molecule has 1 fully saturated rings. The fraction of sp³-hybridized carbons (Fsp3) is 0.692. The first-order valence-electron chi connectivity index (χ1n) is 7.19. The number of aryl methyl sites for hydroxylation is 1. The van der Waals surface area contributed by atoms with Crippen molar-refractivity contribution in [2.24, 2.45) is 0 Å². The van der Waals surface area contributed by atoms with E-state index in [9.17, 15) is 0 Å². The van der Waals surface area contributed by atoms with Gasteiger partial charge in [-0.25, -0.2) is 14.6 Å². The molecule has 102 valence electrons. The molecule has 19 heavy (non-hydrogen) atoms. The van der Waals surface area contributed by atoms with E-state index >= 15 is 0 Å². The molecule has 2 aromatic rings. The van der Waals surface area contributed by atoms with Crippen LogP contribution in [0.2, 0.25) is 0 Å². The highest BCUT2D eigenvalue weighted by Gasteiger charge is 2.23. The van der Waals surface area contributed by atoms with Gasteiger partial charge < -0.3 is 5.32 Å². The topological polar surface area (TPSA) is 68.5 Å². The third-order valence-corrected chi connectivity index (χ3v) is 3.44. The molecule has 1 aliphatic rings. The third kappa shape index (κ3) is 2.83. The molecule has 0 bridgehead atoms. The van der Waals surface area contributed by atoms with Crippen LogP contribution in [-0.4, -0.2) is 31.0 Å². The molecule has 0 saturated heterocycles. The summed E-state index contributed by atoms with van der Waals surface area (Å²) >= 11 is 0. The van der Waals surface area contributed by atoms with E-state index < -0.39 is 0 Å². The van der Waals surface area contributed by atoms with Crippen molar-refractivity contribution >= 4 is 17.0 Å². The highest BCUT2D eigenvalue weighted by atomic mass is 15.4. The standard InChI is InChI=1S/C13H20N6/c1-2-3-4-5-8-19-13-11(17-18-19)12(14-9-15-13)16-10-6-7-10/h9-10H,2-8H2,1H3,(H,14,15,16). The lowest BCUT2D eigenvalue weighted by Gasteiger charge is -2.03. The van der Waals surface area contributed by atoms with Crippen molar-refractivity contribution in [2.75, 3.05) is 5.32 Å². The quantitative estimate of drug-likeness (QED) is 0.774. The molecular formula is C13H20N6. The van der Waals surface area contributed by atoms with Crippen LogP contribution in [0.5, 0.6) is 0 Å². The Hall–Kier alpha value is -1.72. The summed E-state index contributed by atoms with van der Waals surface area (Å²) in [6.45, 7) is 3.10. The zero-order valence-corrected chi connectivity index (χ0v) is 11.3. The smallest absolute Gasteiger partial charge is 0.183 e. The van der Waals surface area contributed by atoms with Crippen molar-refractivity contribution in [3.8, 4) is 0 Å². The Balaban J connectivity index is 1.74. The fourth-order valence-electron chi connectivity index (χ4n) is 2.16. The second-order valence-electron chi connectivity index (χ2n) is 5.19. The van der Waals surface area contributed by atoms with E-state index in [-0.39, 0.29) is 0 Å². The molecule has 6 heteroatoms. The van der Waals surface area contributed by atoms with Gasteiger partial charge in [-0.1, -0.05) is 31.4 Å². The van der Waals surface area contributed by atoms with Gasteiger partial charge in [0.15, 0.2) is 17.0 Å². The summed E-state index contributed by atoms with van der Waals surface area (Å²) in [6, 6.07) is 0.563. The normalized spacial score (nSPS) is 15.0. The molecule has 2 heterocycles. The van der Waals surface area contributed by atoms with Crippen LogP contribution in [0, 0.1) is 0 Å². The minimum atomic E-state index is 0.563. The van der Waals surface area contributed by atoms with Gasteiger partial charge in [-0.05, 0) is 19.3 Å². The summed E-state index contributed by atoms with van der Waals surface area (Å²) in [5.74, 6) is 0.826. The first-order chi connectivity index (χ1) is 9.38. The predicted octanol–water partition coefficient (Wildman–Crippen LogP) is 2.38.